The third-order valence-corrected chi connectivity index (χ3v) is 6.98. The molecule has 0 fully saturated rings. The van der Waals surface area contributed by atoms with Crippen LogP contribution in [0.15, 0.2) is 60.7 Å². The Labute approximate surface area is 221 Å². The van der Waals surface area contributed by atoms with Gasteiger partial charge in [-0.25, -0.2) is 0 Å². The number of aryl methyl sites for hydroxylation is 2. The average Bonchev–Trinajstić information content (AvgIpc) is 3.55. The lowest BCUT2D eigenvalue weighted by atomic mass is 10.1. The molecule has 0 aliphatic carbocycles. The normalized spacial score (nSPS) is 11.5. The Balaban J connectivity index is 1.19. The number of hydrogen-bond acceptors (Lipinski definition) is 10. The standard InChI is InChI=1S/C25H24N6O4S2/c32-16-35-22(18-11-5-2-6-12-18)23(34)27-25-31-29-21(37-25)14-8-7-13-20-28-30-24(36-20)26-19(33)15-17-9-3-1-4-10-17/h1-6,9-12,16,22H,7-8,13-15H2,(H,26,30,33)(H,27,31,34). The Morgan fingerprint density at radius 3 is 1.97 bits per heavy atom. The predicted molar refractivity (Wildman–Crippen MR) is 140 cm³/mol. The predicted octanol–water partition coefficient (Wildman–Crippen LogP) is 3.99. The summed E-state index contributed by atoms with van der Waals surface area (Å²) >= 11 is 2.65. The summed E-state index contributed by atoms with van der Waals surface area (Å²) in [6.45, 7) is 0.252. The smallest absolute Gasteiger partial charge is 0.294 e. The first-order valence-electron chi connectivity index (χ1n) is 11.5. The first-order chi connectivity index (χ1) is 18.1. The first-order valence-corrected chi connectivity index (χ1v) is 13.2. The molecule has 2 aromatic carbocycles. The van der Waals surface area contributed by atoms with Gasteiger partial charge in [0.15, 0.2) is 0 Å². The molecule has 2 amide bonds. The molecule has 10 nitrogen and oxygen atoms in total. The zero-order valence-electron chi connectivity index (χ0n) is 19.7. The molecule has 0 aliphatic rings. The Kier molecular flexibility index (Phi) is 9.38. The van der Waals surface area contributed by atoms with E-state index in [-0.39, 0.29) is 18.8 Å². The summed E-state index contributed by atoms with van der Waals surface area (Å²) in [7, 11) is 0. The van der Waals surface area contributed by atoms with Crippen LogP contribution in [0.5, 0.6) is 0 Å². The van der Waals surface area contributed by atoms with Crippen molar-refractivity contribution in [3.63, 3.8) is 0 Å². The van der Waals surface area contributed by atoms with Crippen molar-refractivity contribution < 1.29 is 19.1 Å². The van der Waals surface area contributed by atoms with E-state index in [1.807, 2.05) is 36.4 Å². The van der Waals surface area contributed by atoms with Crippen LogP contribution in [0.1, 0.15) is 40.1 Å². The fraction of sp³-hybridized carbons (Fsp3) is 0.240. The summed E-state index contributed by atoms with van der Waals surface area (Å²) in [6, 6.07) is 18.3. The minimum Gasteiger partial charge on any atom is -0.449 e. The van der Waals surface area contributed by atoms with Crippen LogP contribution >= 0.6 is 22.7 Å². The van der Waals surface area contributed by atoms with Crippen LogP contribution in [-0.2, 0) is 38.4 Å². The van der Waals surface area contributed by atoms with Crippen molar-refractivity contribution in [3.05, 3.63) is 81.8 Å². The molecule has 0 saturated heterocycles. The highest BCUT2D eigenvalue weighted by Gasteiger charge is 2.23. The van der Waals surface area contributed by atoms with E-state index >= 15 is 0 Å². The maximum absolute atomic E-state index is 12.6. The van der Waals surface area contributed by atoms with Crippen LogP contribution in [0, 0.1) is 0 Å². The fourth-order valence-electron chi connectivity index (χ4n) is 3.45. The molecule has 0 bridgehead atoms. The van der Waals surface area contributed by atoms with Crippen LogP contribution in [0.25, 0.3) is 0 Å². The minimum absolute atomic E-state index is 0.124. The van der Waals surface area contributed by atoms with E-state index in [0.717, 1.165) is 34.8 Å². The van der Waals surface area contributed by atoms with Gasteiger partial charge >= 0.3 is 0 Å². The van der Waals surface area contributed by atoms with Gasteiger partial charge in [0.2, 0.25) is 22.3 Å². The fourth-order valence-corrected chi connectivity index (χ4v) is 5.04. The summed E-state index contributed by atoms with van der Waals surface area (Å²) < 4.78 is 4.97. The van der Waals surface area contributed by atoms with Crippen LogP contribution in [0.4, 0.5) is 10.3 Å². The summed E-state index contributed by atoms with van der Waals surface area (Å²) in [5, 5.41) is 24.3. The van der Waals surface area contributed by atoms with Gasteiger partial charge < -0.3 is 10.1 Å². The molecule has 190 valence electrons. The molecule has 1 unspecified atom stereocenters. The minimum atomic E-state index is -1.06. The van der Waals surface area contributed by atoms with Crippen molar-refractivity contribution in [2.45, 2.75) is 38.2 Å². The number of anilines is 2. The molecule has 2 N–H and O–H groups in total. The summed E-state index contributed by atoms with van der Waals surface area (Å²) in [5.41, 5.74) is 1.50. The summed E-state index contributed by atoms with van der Waals surface area (Å²) in [5.74, 6) is -0.621. The lowest BCUT2D eigenvalue weighted by Gasteiger charge is -2.13. The van der Waals surface area contributed by atoms with Crippen LogP contribution < -0.4 is 10.6 Å². The molecular formula is C25H24N6O4S2. The number of ether oxygens (including phenoxy) is 1. The van der Waals surface area contributed by atoms with Crippen molar-refractivity contribution in [1.29, 1.82) is 0 Å². The average molecular weight is 537 g/mol. The maximum atomic E-state index is 12.6. The molecule has 0 spiro atoms. The molecule has 1 atom stereocenters. The second kappa shape index (κ2) is 13.3. The molecule has 0 radical (unpaired) electrons. The second-order valence-electron chi connectivity index (χ2n) is 7.93. The topological polar surface area (TPSA) is 136 Å². The van der Waals surface area contributed by atoms with Crippen LogP contribution in [-0.4, -0.2) is 38.7 Å². The van der Waals surface area contributed by atoms with Gasteiger partial charge in [-0.15, -0.1) is 20.4 Å². The van der Waals surface area contributed by atoms with E-state index in [9.17, 15) is 14.4 Å². The number of carbonyl (C=O) groups is 3. The van der Waals surface area contributed by atoms with E-state index < -0.39 is 12.0 Å². The molecule has 0 aliphatic heterocycles. The quantitative estimate of drug-likeness (QED) is 0.193. The molecule has 0 saturated carbocycles. The second-order valence-corrected chi connectivity index (χ2v) is 10.1. The van der Waals surface area contributed by atoms with E-state index in [4.69, 9.17) is 4.74 Å². The zero-order valence-corrected chi connectivity index (χ0v) is 21.3. The van der Waals surface area contributed by atoms with Gasteiger partial charge in [-0.2, -0.15) is 0 Å². The lowest BCUT2D eigenvalue weighted by Crippen LogP contribution is -2.23. The third-order valence-electron chi connectivity index (χ3n) is 5.18. The number of nitrogens with one attached hydrogen (secondary N) is 2. The highest BCUT2D eigenvalue weighted by atomic mass is 32.1. The molecule has 4 aromatic rings. The van der Waals surface area contributed by atoms with Gasteiger partial charge in [-0.3, -0.25) is 19.7 Å². The van der Waals surface area contributed by atoms with Crippen molar-refractivity contribution in [2.75, 3.05) is 10.6 Å². The highest BCUT2D eigenvalue weighted by Crippen LogP contribution is 2.23. The SMILES string of the molecule is O=COC(C(=O)Nc1nnc(CCCCc2nnc(NC(=O)Cc3ccccc3)s2)s1)c1ccccc1. The number of amides is 2. The molecule has 2 aromatic heterocycles. The van der Waals surface area contributed by atoms with E-state index in [0.29, 0.717) is 22.2 Å². The maximum Gasteiger partial charge on any atom is 0.294 e. The Morgan fingerprint density at radius 1 is 0.811 bits per heavy atom. The molecule has 2 heterocycles. The van der Waals surface area contributed by atoms with Crippen LogP contribution in [0.3, 0.4) is 0 Å². The Bertz CT molecular complexity index is 1310. The summed E-state index contributed by atoms with van der Waals surface area (Å²) in [4.78, 5) is 35.6. The summed E-state index contributed by atoms with van der Waals surface area (Å²) in [6.07, 6.45) is 2.36. The van der Waals surface area contributed by atoms with E-state index in [1.165, 1.54) is 22.7 Å². The number of benzene rings is 2. The zero-order chi connectivity index (χ0) is 25.9. The van der Waals surface area contributed by atoms with Gasteiger partial charge in [0.25, 0.3) is 12.4 Å². The third kappa shape index (κ3) is 7.98. The number of aromatic nitrogens is 4. The number of carbonyl (C=O) groups excluding carboxylic acids is 3. The monoisotopic (exact) mass is 536 g/mol. The van der Waals surface area contributed by atoms with Gasteiger partial charge in [0.05, 0.1) is 6.42 Å². The Morgan fingerprint density at radius 2 is 1.38 bits per heavy atom. The van der Waals surface area contributed by atoms with Gasteiger partial charge in [-0.05, 0) is 18.4 Å². The van der Waals surface area contributed by atoms with Gasteiger partial charge in [0.1, 0.15) is 10.0 Å². The molecule has 12 heteroatoms. The lowest BCUT2D eigenvalue weighted by molar-refractivity contribution is -0.142. The number of hydrogen-bond donors (Lipinski definition) is 2. The Hall–Kier alpha value is -4.03. The molecular weight excluding hydrogens is 512 g/mol. The highest BCUT2D eigenvalue weighted by molar-refractivity contribution is 7.15. The number of rotatable bonds is 13. The molecule has 4 rings (SSSR count). The van der Waals surface area contributed by atoms with Gasteiger partial charge in [0, 0.05) is 18.4 Å². The number of unbranched alkanes of at least 4 members (excludes halogenated alkanes) is 1. The van der Waals surface area contributed by atoms with Gasteiger partial charge in [-0.1, -0.05) is 83.3 Å². The first kappa shape index (κ1) is 26.0. The largest absolute Gasteiger partial charge is 0.449 e. The van der Waals surface area contributed by atoms with Crippen LogP contribution in [0.2, 0.25) is 0 Å². The molecule has 37 heavy (non-hydrogen) atoms. The van der Waals surface area contributed by atoms with Crippen molar-refractivity contribution in [1.82, 2.24) is 20.4 Å². The van der Waals surface area contributed by atoms with E-state index in [1.54, 1.807) is 24.3 Å². The van der Waals surface area contributed by atoms with E-state index in [2.05, 4.69) is 31.0 Å². The van der Waals surface area contributed by atoms with Crippen molar-refractivity contribution >= 4 is 51.2 Å². The van der Waals surface area contributed by atoms with Crippen molar-refractivity contribution in [2.24, 2.45) is 0 Å². The number of nitrogens with zero attached hydrogens (tertiary/aromatic N) is 4. The van der Waals surface area contributed by atoms with Crippen molar-refractivity contribution in [3.8, 4) is 0 Å².